The van der Waals surface area contributed by atoms with Crippen molar-refractivity contribution in [3.63, 3.8) is 0 Å². The molecule has 2 aromatic rings. The van der Waals surface area contributed by atoms with Crippen molar-refractivity contribution in [3.8, 4) is 0 Å². The molecule has 0 spiro atoms. The van der Waals surface area contributed by atoms with E-state index in [1.54, 1.807) is 29.5 Å². The third-order valence-corrected chi connectivity index (χ3v) is 6.46. The molecule has 1 aromatic carbocycles. The molecule has 1 aliphatic carbocycles. The smallest absolute Gasteiger partial charge is 0.259 e. The number of hydrogen-bond donors (Lipinski definition) is 1. The van der Waals surface area contributed by atoms with Crippen LogP contribution in [0.2, 0.25) is 0 Å². The number of nitrogens with one attached hydrogen (secondary N) is 1. The third-order valence-electron chi connectivity index (χ3n) is 5.21. The zero-order valence-corrected chi connectivity index (χ0v) is 15.1. The lowest BCUT2D eigenvalue weighted by molar-refractivity contribution is 0.102. The van der Waals surface area contributed by atoms with Crippen molar-refractivity contribution in [2.45, 2.75) is 45.1 Å². The van der Waals surface area contributed by atoms with Crippen LogP contribution < -0.4 is 5.32 Å². The summed E-state index contributed by atoms with van der Waals surface area (Å²) in [5, 5.41) is 3.93. The lowest BCUT2D eigenvalue weighted by Gasteiger charge is -2.19. The summed E-state index contributed by atoms with van der Waals surface area (Å²) in [6, 6.07) is 6.18. The highest BCUT2D eigenvalue weighted by Crippen LogP contribution is 2.39. The first-order valence-electron chi connectivity index (χ1n) is 9.14. The highest BCUT2D eigenvalue weighted by atomic mass is 32.1. The first-order chi connectivity index (χ1) is 12.2. The highest BCUT2D eigenvalue weighted by Gasteiger charge is 2.25. The highest BCUT2D eigenvalue weighted by molar-refractivity contribution is 7.16. The maximum absolute atomic E-state index is 13.9. The summed E-state index contributed by atoms with van der Waals surface area (Å²) in [4.78, 5) is 16.5. The molecule has 1 amide bonds. The van der Waals surface area contributed by atoms with Gasteiger partial charge in [0.1, 0.15) is 10.8 Å². The second kappa shape index (κ2) is 7.26. The number of hydrogen-bond acceptors (Lipinski definition) is 3. The second-order valence-electron chi connectivity index (χ2n) is 6.94. The molecule has 1 aliphatic heterocycles. The van der Waals surface area contributed by atoms with Crippen LogP contribution in [0.5, 0.6) is 0 Å². The Morgan fingerprint density at radius 2 is 1.88 bits per heavy atom. The summed E-state index contributed by atoms with van der Waals surface area (Å²) in [6.45, 7) is 3.16. The Kier molecular flexibility index (Phi) is 4.86. The van der Waals surface area contributed by atoms with Gasteiger partial charge in [-0.25, -0.2) is 4.39 Å². The minimum Gasteiger partial charge on any atom is -0.313 e. The molecule has 25 heavy (non-hydrogen) atoms. The summed E-state index contributed by atoms with van der Waals surface area (Å²) >= 11 is 1.69. The van der Waals surface area contributed by atoms with Gasteiger partial charge in [-0.1, -0.05) is 12.1 Å². The molecule has 0 unspecified atom stereocenters. The molecule has 1 fully saturated rings. The van der Waals surface area contributed by atoms with E-state index in [0.717, 1.165) is 37.5 Å². The monoisotopic (exact) mass is 358 g/mol. The van der Waals surface area contributed by atoms with Gasteiger partial charge in [-0.3, -0.25) is 9.69 Å². The van der Waals surface area contributed by atoms with Crippen LogP contribution in [0.3, 0.4) is 0 Å². The average molecular weight is 358 g/mol. The van der Waals surface area contributed by atoms with Gasteiger partial charge in [0.25, 0.3) is 5.91 Å². The van der Waals surface area contributed by atoms with Crippen LogP contribution in [-0.4, -0.2) is 23.9 Å². The molecular formula is C20H23FN2OS. The maximum Gasteiger partial charge on any atom is 0.259 e. The number of thiophene rings is 1. The van der Waals surface area contributed by atoms with Gasteiger partial charge in [0.05, 0.1) is 5.56 Å². The average Bonchev–Trinajstić information content (AvgIpc) is 3.24. The number of nitrogens with zero attached hydrogens (tertiary/aromatic N) is 1. The van der Waals surface area contributed by atoms with E-state index in [-0.39, 0.29) is 11.5 Å². The molecule has 2 heterocycles. The van der Waals surface area contributed by atoms with Crippen LogP contribution >= 0.6 is 11.3 Å². The van der Waals surface area contributed by atoms with Crippen molar-refractivity contribution in [1.82, 2.24) is 4.90 Å². The minimum absolute atomic E-state index is 0.112. The van der Waals surface area contributed by atoms with E-state index in [4.69, 9.17) is 0 Å². The fraction of sp³-hybridized carbons (Fsp3) is 0.450. The molecule has 2 aliphatic rings. The number of aryl methyl sites for hydroxylation is 1. The molecule has 1 N–H and O–H groups in total. The lowest BCUT2D eigenvalue weighted by atomic mass is 9.95. The summed E-state index contributed by atoms with van der Waals surface area (Å²) in [7, 11) is 0. The Morgan fingerprint density at radius 1 is 1.12 bits per heavy atom. The number of anilines is 1. The topological polar surface area (TPSA) is 32.3 Å². The van der Waals surface area contributed by atoms with E-state index in [1.807, 2.05) is 0 Å². The number of fused-ring (bicyclic) bond motifs is 1. The predicted molar refractivity (Wildman–Crippen MR) is 99.8 cm³/mol. The molecule has 3 nitrogen and oxygen atoms in total. The van der Waals surface area contributed by atoms with Crippen LogP contribution in [0.1, 0.15) is 52.0 Å². The molecule has 0 bridgehead atoms. The van der Waals surface area contributed by atoms with Crippen LogP contribution in [0.15, 0.2) is 24.3 Å². The van der Waals surface area contributed by atoms with E-state index in [0.29, 0.717) is 0 Å². The van der Waals surface area contributed by atoms with Gasteiger partial charge in [0.15, 0.2) is 0 Å². The fourth-order valence-electron chi connectivity index (χ4n) is 3.88. The van der Waals surface area contributed by atoms with Crippen molar-refractivity contribution >= 4 is 22.2 Å². The summed E-state index contributed by atoms with van der Waals surface area (Å²) in [6.07, 6.45) is 7.15. The van der Waals surface area contributed by atoms with Gasteiger partial charge in [0.2, 0.25) is 0 Å². The minimum atomic E-state index is -0.470. The zero-order valence-electron chi connectivity index (χ0n) is 14.3. The largest absolute Gasteiger partial charge is 0.313 e. The summed E-state index contributed by atoms with van der Waals surface area (Å²) in [5.41, 5.74) is 2.82. The van der Waals surface area contributed by atoms with Gasteiger partial charge in [-0.15, -0.1) is 11.3 Å². The second-order valence-corrected chi connectivity index (χ2v) is 8.04. The van der Waals surface area contributed by atoms with Crippen LogP contribution in [0, 0.1) is 5.82 Å². The molecule has 0 atom stereocenters. The van der Waals surface area contributed by atoms with E-state index in [1.165, 1.54) is 47.8 Å². The normalized spacial score (nSPS) is 17.5. The molecule has 1 aromatic heterocycles. The van der Waals surface area contributed by atoms with Gasteiger partial charge >= 0.3 is 0 Å². The van der Waals surface area contributed by atoms with Crippen LogP contribution in [0.25, 0.3) is 0 Å². The maximum atomic E-state index is 13.9. The first-order valence-corrected chi connectivity index (χ1v) is 9.95. The number of amides is 1. The van der Waals surface area contributed by atoms with Crippen molar-refractivity contribution in [2.24, 2.45) is 0 Å². The van der Waals surface area contributed by atoms with Crippen LogP contribution in [0.4, 0.5) is 9.39 Å². The van der Waals surface area contributed by atoms with Crippen molar-refractivity contribution in [1.29, 1.82) is 0 Å². The van der Waals surface area contributed by atoms with E-state index in [2.05, 4.69) is 10.2 Å². The molecular weight excluding hydrogens is 335 g/mol. The van der Waals surface area contributed by atoms with E-state index < -0.39 is 5.82 Å². The molecule has 1 saturated heterocycles. The SMILES string of the molecule is O=C(Nc1sc2c(c1CN1CCCC1)CCCC2)c1ccccc1F. The number of carbonyl (C=O) groups excluding carboxylic acids is 1. The Balaban J connectivity index is 1.62. The van der Waals surface area contributed by atoms with Gasteiger partial charge < -0.3 is 5.32 Å². The molecule has 4 rings (SSSR count). The summed E-state index contributed by atoms with van der Waals surface area (Å²) in [5.74, 6) is -0.818. The van der Waals surface area contributed by atoms with Gasteiger partial charge in [-0.2, -0.15) is 0 Å². The number of carbonyl (C=O) groups is 1. The van der Waals surface area contributed by atoms with Crippen molar-refractivity contribution in [2.75, 3.05) is 18.4 Å². The quantitative estimate of drug-likeness (QED) is 0.865. The summed E-state index contributed by atoms with van der Waals surface area (Å²) < 4.78 is 13.9. The van der Waals surface area contributed by atoms with E-state index in [9.17, 15) is 9.18 Å². The third kappa shape index (κ3) is 3.48. The van der Waals surface area contributed by atoms with Crippen molar-refractivity contribution < 1.29 is 9.18 Å². The molecule has 132 valence electrons. The van der Waals surface area contributed by atoms with Gasteiger partial charge in [0, 0.05) is 17.0 Å². The van der Waals surface area contributed by atoms with E-state index >= 15 is 0 Å². The molecule has 0 radical (unpaired) electrons. The first kappa shape index (κ1) is 16.7. The van der Waals surface area contributed by atoms with Crippen molar-refractivity contribution in [3.05, 3.63) is 51.7 Å². The number of benzene rings is 1. The van der Waals surface area contributed by atoms with Crippen LogP contribution in [-0.2, 0) is 19.4 Å². The Labute approximate surface area is 151 Å². The number of rotatable bonds is 4. The number of halogens is 1. The molecule has 0 saturated carbocycles. The molecule has 5 heteroatoms. The van der Waals surface area contributed by atoms with Gasteiger partial charge in [-0.05, 0) is 69.3 Å². The predicted octanol–water partition coefficient (Wildman–Crippen LogP) is 4.61. The zero-order chi connectivity index (χ0) is 17.2. The lowest BCUT2D eigenvalue weighted by Crippen LogP contribution is -2.21. The fourth-order valence-corrected chi connectivity index (χ4v) is 5.18. The number of likely N-dealkylation sites (tertiary alicyclic amines) is 1. The Bertz CT molecular complexity index is 780. The Hall–Kier alpha value is -1.72. The standard InChI is InChI=1S/C20H23FN2OS/c21-17-9-3-1-8-15(17)19(24)22-20-16(13-23-11-5-6-12-23)14-7-2-4-10-18(14)25-20/h1,3,8-9H,2,4-7,10-13H2,(H,22,24). The Morgan fingerprint density at radius 3 is 2.68 bits per heavy atom.